The topological polar surface area (TPSA) is 92.4 Å². The van der Waals surface area contributed by atoms with Gasteiger partial charge in [-0.05, 0) is 46.7 Å². The molecule has 1 aliphatic rings. The number of aryl methyl sites for hydroxylation is 1. The molecule has 1 aromatic carbocycles. The van der Waals surface area contributed by atoms with Gasteiger partial charge in [-0.15, -0.1) is 0 Å². The fourth-order valence-electron chi connectivity index (χ4n) is 3.53. The number of aliphatic hydroxyl groups excluding tert-OH is 1. The standard InChI is InChI=1S/C19H21N5O3S/c1-22-12-20-24(19(22)27)16-4-2-15(3-5-16)21-18(26)23-8-14(10-25)17(9-23)13-6-7-28-11-13/h2-7,11-12,14,17,25H,8-10H2,1H3,(H,21,26)/t14-,17-/m0/s1. The number of aliphatic hydroxyl groups is 1. The van der Waals surface area contributed by atoms with Crippen LogP contribution in [0.4, 0.5) is 10.5 Å². The maximum Gasteiger partial charge on any atom is 0.350 e. The molecule has 2 aromatic heterocycles. The zero-order valence-electron chi connectivity index (χ0n) is 15.4. The zero-order valence-corrected chi connectivity index (χ0v) is 16.2. The van der Waals surface area contributed by atoms with Gasteiger partial charge >= 0.3 is 11.7 Å². The summed E-state index contributed by atoms with van der Waals surface area (Å²) in [6.45, 7) is 1.15. The SMILES string of the molecule is Cn1cnn(-c2ccc(NC(=O)N3C[C@@H](CO)[C@H](c4ccsc4)C3)cc2)c1=O. The first kappa shape index (κ1) is 18.5. The highest BCUT2D eigenvalue weighted by Crippen LogP contribution is 2.33. The predicted molar refractivity (Wildman–Crippen MR) is 107 cm³/mol. The minimum Gasteiger partial charge on any atom is -0.396 e. The molecule has 2 atom stereocenters. The Balaban J connectivity index is 1.44. The quantitative estimate of drug-likeness (QED) is 0.701. The van der Waals surface area contributed by atoms with E-state index < -0.39 is 0 Å². The van der Waals surface area contributed by atoms with E-state index in [1.165, 1.54) is 21.1 Å². The molecule has 0 aliphatic carbocycles. The number of hydrogen-bond acceptors (Lipinski definition) is 5. The third-order valence-corrected chi connectivity index (χ3v) is 5.82. The maximum atomic E-state index is 12.7. The van der Waals surface area contributed by atoms with E-state index in [2.05, 4.69) is 21.9 Å². The van der Waals surface area contributed by atoms with Crippen molar-refractivity contribution in [3.63, 3.8) is 0 Å². The van der Waals surface area contributed by atoms with Crippen molar-refractivity contribution in [1.82, 2.24) is 19.2 Å². The highest BCUT2D eigenvalue weighted by atomic mass is 32.1. The maximum absolute atomic E-state index is 12.7. The van der Waals surface area contributed by atoms with Gasteiger partial charge in [0.25, 0.3) is 0 Å². The Kier molecular flexibility index (Phi) is 5.01. The Morgan fingerprint density at radius 2 is 2.07 bits per heavy atom. The first-order valence-corrected chi connectivity index (χ1v) is 9.91. The van der Waals surface area contributed by atoms with Crippen LogP contribution in [0.3, 0.4) is 0 Å². The number of nitrogens with zero attached hydrogens (tertiary/aromatic N) is 4. The third kappa shape index (κ3) is 3.46. The van der Waals surface area contributed by atoms with Crippen LogP contribution in [0.25, 0.3) is 5.69 Å². The van der Waals surface area contributed by atoms with E-state index in [-0.39, 0.29) is 30.2 Å². The molecule has 28 heavy (non-hydrogen) atoms. The number of nitrogens with one attached hydrogen (secondary N) is 1. The molecular formula is C19H21N5O3S. The second kappa shape index (κ2) is 7.61. The lowest BCUT2D eigenvalue weighted by molar-refractivity contribution is 0.207. The van der Waals surface area contributed by atoms with Crippen molar-refractivity contribution < 1.29 is 9.90 Å². The van der Waals surface area contributed by atoms with Gasteiger partial charge in [0.05, 0.1) is 5.69 Å². The fourth-order valence-corrected chi connectivity index (χ4v) is 4.25. The van der Waals surface area contributed by atoms with E-state index >= 15 is 0 Å². The zero-order chi connectivity index (χ0) is 19.7. The molecule has 1 fully saturated rings. The number of likely N-dealkylation sites (tertiary alicyclic amines) is 1. The number of urea groups is 1. The molecule has 0 unspecified atom stereocenters. The Morgan fingerprint density at radius 3 is 2.68 bits per heavy atom. The Labute approximate surface area is 165 Å². The average molecular weight is 399 g/mol. The van der Waals surface area contributed by atoms with Crippen LogP contribution in [0.5, 0.6) is 0 Å². The van der Waals surface area contributed by atoms with E-state index in [0.29, 0.717) is 24.5 Å². The van der Waals surface area contributed by atoms with E-state index in [1.54, 1.807) is 47.5 Å². The molecule has 0 bridgehead atoms. The molecule has 0 saturated carbocycles. The van der Waals surface area contributed by atoms with Crippen LogP contribution < -0.4 is 11.0 Å². The summed E-state index contributed by atoms with van der Waals surface area (Å²) >= 11 is 1.62. The molecule has 4 rings (SSSR count). The normalized spacial score (nSPS) is 19.1. The third-order valence-electron chi connectivity index (χ3n) is 5.12. The molecule has 2 amide bonds. The minimum atomic E-state index is -0.233. The van der Waals surface area contributed by atoms with Gasteiger partial charge in [0, 0.05) is 44.3 Å². The first-order chi connectivity index (χ1) is 13.6. The molecule has 9 heteroatoms. The molecule has 8 nitrogen and oxygen atoms in total. The average Bonchev–Trinajstić information content (AvgIpc) is 3.43. The second-order valence-corrected chi connectivity index (χ2v) is 7.70. The number of carbonyl (C=O) groups excluding carboxylic acids is 1. The summed E-state index contributed by atoms with van der Waals surface area (Å²) in [6.07, 6.45) is 1.45. The highest BCUT2D eigenvalue weighted by Gasteiger charge is 2.36. The minimum absolute atomic E-state index is 0.0405. The van der Waals surface area contributed by atoms with Crippen LogP contribution in [0, 0.1) is 5.92 Å². The molecule has 146 valence electrons. The van der Waals surface area contributed by atoms with Crippen molar-refractivity contribution in [3.8, 4) is 5.69 Å². The second-order valence-electron chi connectivity index (χ2n) is 6.92. The van der Waals surface area contributed by atoms with E-state index in [0.717, 1.165) is 0 Å². The number of carbonyl (C=O) groups is 1. The number of benzene rings is 1. The smallest absolute Gasteiger partial charge is 0.350 e. The Morgan fingerprint density at radius 1 is 1.29 bits per heavy atom. The number of rotatable bonds is 4. The first-order valence-electron chi connectivity index (χ1n) is 8.97. The number of amides is 2. The molecule has 0 radical (unpaired) electrons. The van der Waals surface area contributed by atoms with Crippen molar-refractivity contribution >= 4 is 23.1 Å². The summed E-state index contributed by atoms with van der Waals surface area (Å²) in [7, 11) is 1.64. The molecule has 1 aliphatic heterocycles. The van der Waals surface area contributed by atoms with Gasteiger partial charge in [0.2, 0.25) is 0 Å². The summed E-state index contributed by atoms with van der Waals surface area (Å²) in [4.78, 5) is 26.4. The van der Waals surface area contributed by atoms with Crippen LogP contribution in [0.1, 0.15) is 11.5 Å². The van der Waals surface area contributed by atoms with Gasteiger partial charge < -0.3 is 15.3 Å². The van der Waals surface area contributed by atoms with Gasteiger partial charge in [-0.3, -0.25) is 4.57 Å². The van der Waals surface area contributed by atoms with Crippen molar-refractivity contribution in [2.75, 3.05) is 25.0 Å². The van der Waals surface area contributed by atoms with E-state index in [4.69, 9.17) is 0 Å². The van der Waals surface area contributed by atoms with Gasteiger partial charge in [-0.1, -0.05) is 0 Å². The highest BCUT2D eigenvalue weighted by molar-refractivity contribution is 7.08. The number of hydrogen-bond donors (Lipinski definition) is 2. The van der Waals surface area contributed by atoms with Crippen LogP contribution in [-0.4, -0.2) is 50.1 Å². The lowest BCUT2D eigenvalue weighted by Gasteiger charge is -2.17. The predicted octanol–water partition coefficient (Wildman–Crippen LogP) is 1.87. The monoisotopic (exact) mass is 399 g/mol. The van der Waals surface area contributed by atoms with Gasteiger partial charge in [-0.25, -0.2) is 9.59 Å². The number of aromatic nitrogens is 3. The Hall–Kier alpha value is -2.91. The molecule has 0 spiro atoms. The molecule has 3 heterocycles. The van der Waals surface area contributed by atoms with E-state index in [1.807, 2.05) is 5.38 Å². The van der Waals surface area contributed by atoms with E-state index in [9.17, 15) is 14.7 Å². The molecular weight excluding hydrogens is 378 g/mol. The van der Waals surface area contributed by atoms with Crippen molar-refractivity contribution in [1.29, 1.82) is 0 Å². The van der Waals surface area contributed by atoms with Crippen molar-refractivity contribution in [3.05, 3.63) is 63.5 Å². The largest absolute Gasteiger partial charge is 0.396 e. The fraction of sp³-hybridized carbons (Fsp3) is 0.316. The van der Waals surface area contributed by atoms with Gasteiger partial charge in [-0.2, -0.15) is 21.1 Å². The van der Waals surface area contributed by atoms with Crippen LogP contribution >= 0.6 is 11.3 Å². The molecule has 3 aromatic rings. The van der Waals surface area contributed by atoms with Gasteiger partial charge in [0.1, 0.15) is 6.33 Å². The summed E-state index contributed by atoms with van der Waals surface area (Å²) in [5.74, 6) is 0.194. The van der Waals surface area contributed by atoms with Crippen LogP contribution in [-0.2, 0) is 7.05 Å². The summed E-state index contributed by atoms with van der Waals surface area (Å²) in [5.41, 5.74) is 2.20. The molecule has 2 N–H and O–H groups in total. The van der Waals surface area contributed by atoms with Crippen molar-refractivity contribution in [2.24, 2.45) is 13.0 Å². The summed E-state index contributed by atoms with van der Waals surface area (Å²) < 4.78 is 2.69. The van der Waals surface area contributed by atoms with Crippen molar-refractivity contribution in [2.45, 2.75) is 5.92 Å². The number of anilines is 1. The molecule has 1 saturated heterocycles. The lowest BCUT2D eigenvalue weighted by Crippen LogP contribution is -2.33. The van der Waals surface area contributed by atoms with Crippen LogP contribution in [0.2, 0.25) is 0 Å². The summed E-state index contributed by atoms with van der Waals surface area (Å²) in [6, 6.07) is 8.81. The Bertz CT molecular complexity index is 1010. The van der Waals surface area contributed by atoms with Crippen LogP contribution in [0.15, 0.2) is 52.2 Å². The lowest BCUT2D eigenvalue weighted by atomic mass is 9.92. The van der Waals surface area contributed by atoms with Gasteiger partial charge in [0.15, 0.2) is 0 Å². The number of thiophene rings is 1. The summed E-state index contributed by atoms with van der Waals surface area (Å²) in [5, 5.41) is 20.7.